The first-order chi connectivity index (χ1) is 9.40. The molecule has 1 fully saturated rings. The molecule has 1 aromatic rings. The van der Waals surface area contributed by atoms with Crippen LogP contribution in [0.4, 0.5) is 5.69 Å². The number of carbonyl (C=O) groups is 1. The molecule has 1 aromatic carbocycles. The molecule has 1 heterocycles. The Morgan fingerprint density at radius 3 is 2.65 bits per heavy atom. The van der Waals surface area contributed by atoms with E-state index in [-0.39, 0.29) is 11.8 Å². The predicted molar refractivity (Wildman–Crippen MR) is 86.2 cm³/mol. The fourth-order valence-electron chi connectivity index (χ4n) is 2.24. The van der Waals surface area contributed by atoms with Crippen molar-refractivity contribution in [3.63, 3.8) is 0 Å². The van der Waals surface area contributed by atoms with E-state index in [9.17, 15) is 4.79 Å². The third kappa shape index (κ3) is 3.50. The highest BCUT2D eigenvalue weighted by Gasteiger charge is 2.30. The maximum Gasteiger partial charge on any atom is 0.227 e. The smallest absolute Gasteiger partial charge is 0.227 e. The van der Waals surface area contributed by atoms with Gasteiger partial charge in [0.25, 0.3) is 0 Å². The van der Waals surface area contributed by atoms with Gasteiger partial charge in [-0.05, 0) is 24.6 Å². The van der Waals surface area contributed by atoms with Crippen LogP contribution in [0.5, 0.6) is 0 Å². The van der Waals surface area contributed by atoms with Crippen molar-refractivity contribution in [3.05, 3.63) is 29.8 Å². The van der Waals surface area contributed by atoms with Crippen molar-refractivity contribution in [1.82, 2.24) is 0 Å². The molecule has 4 heteroatoms. The first-order valence-corrected chi connectivity index (χ1v) is 10.5. The molecule has 20 heavy (non-hydrogen) atoms. The van der Waals surface area contributed by atoms with Crippen LogP contribution in [-0.2, 0) is 4.79 Å². The molecule has 0 spiro atoms. The lowest BCUT2D eigenvalue weighted by Gasteiger charge is -2.18. The molecule has 0 aromatic heterocycles. The standard InChI is InChI=1S/C16H22N2OSi/c1-20(2,3)9-8-14-6-4-5-7-15(14)18-12-13(11-17)10-16(18)19/h4-7,13H,10-12,17H2,1-3H3. The molecule has 1 atom stereocenters. The van der Waals surface area contributed by atoms with Gasteiger partial charge in [0.1, 0.15) is 8.07 Å². The lowest BCUT2D eigenvalue weighted by Crippen LogP contribution is -2.26. The predicted octanol–water partition coefficient (Wildman–Crippen LogP) is 2.23. The van der Waals surface area contributed by atoms with E-state index >= 15 is 0 Å². The third-order valence-corrected chi connectivity index (χ3v) is 4.18. The van der Waals surface area contributed by atoms with E-state index in [4.69, 9.17) is 5.73 Å². The Kier molecular flexibility index (Phi) is 4.31. The van der Waals surface area contributed by atoms with E-state index in [0.717, 1.165) is 11.3 Å². The summed E-state index contributed by atoms with van der Waals surface area (Å²) in [5.41, 5.74) is 10.9. The van der Waals surface area contributed by atoms with Crippen LogP contribution in [0.2, 0.25) is 19.6 Å². The zero-order valence-electron chi connectivity index (χ0n) is 12.4. The van der Waals surface area contributed by atoms with Gasteiger partial charge >= 0.3 is 0 Å². The van der Waals surface area contributed by atoms with Gasteiger partial charge in [-0.1, -0.05) is 37.7 Å². The van der Waals surface area contributed by atoms with Gasteiger partial charge in [-0.2, -0.15) is 0 Å². The fraction of sp³-hybridized carbons (Fsp3) is 0.438. The molecule has 1 aliphatic heterocycles. The minimum Gasteiger partial charge on any atom is -0.330 e. The quantitative estimate of drug-likeness (QED) is 0.669. The van der Waals surface area contributed by atoms with Gasteiger partial charge in [0, 0.05) is 18.5 Å². The summed E-state index contributed by atoms with van der Waals surface area (Å²) in [4.78, 5) is 14.0. The summed E-state index contributed by atoms with van der Waals surface area (Å²) in [5.74, 6) is 3.69. The first-order valence-electron chi connectivity index (χ1n) is 7.03. The fourth-order valence-corrected chi connectivity index (χ4v) is 2.75. The number of anilines is 1. The SMILES string of the molecule is C[Si](C)(C)C#Cc1ccccc1N1CC(CN)CC1=O. The molecule has 0 aliphatic carbocycles. The monoisotopic (exact) mass is 286 g/mol. The van der Waals surface area contributed by atoms with E-state index < -0.39 is 8.07 Å². The molecule has 106 valence electrons. The van der Waals surface area contributed by atoms with Gasteiger partial charge in [-0.3, -0.25) is 4.79 Å². The maximum absolute atomic E-state index is 12.1. The second-order valence-electron chi connectivity index (χ2n) is 6.33. The summed E-state index contributed by atoms with van der Waals surface area (Å²) >= 11 is 0. The molecular weight excluding hydrogens is 264 g/mol. The number of hydrogen-bond acceptors (Lipinski definition) is 2. The van der Waals surface area contributed by atoms with Crippen molar-refractivity contribution in [2.75, 3.05) is 18.0 Å². The molecule has 1 saturated heterocycles. The second kappa shape index (κ2) is 5.82. The third-order valence-electron chi connectivity index (χ3n) is 3.31. The highest BCUT2D eigenvalue weighted by Crippen LogP contribution is 2.27. The van der Waals surface area contributed by atoms with Crippen LogP contribution < -0.4 is 10.6 Å². The van der Waals surface area contributed by atoms with Crippen LogP contribution in [0.25, 0.3) is 0 Å². The topological polar surface area (TPSA) is 46.3 Å². The van der Waals surface area contributed by atoms with E-state index in [1.165, 1.54) is 0 Å². The summed E-state index contributed by atoms with van der Waals surface area (Å²) in [5, 5.41) is 0. The van der Waals surface area contributed by atoms with Crippen molar-refractivity contribution in [3.8, 4) is 11.5 Å². The normalized spacial score (nSPS) is 18.9. The maximum atomic E-state index is 12.1. The summed E-state index contributed by atoms with van der Waals surface area (Å²) in [6, 6.07) is 7.90. The highest BCUT2D eigenvalue weighted by molar-refractivity contribution is 6.83. The van der Waals surface area contributed by atoms with E-state index in [2.05, 4.69) is 31.1 Å². The van der Waals surface area contributed by atoms with E-state index in [1.807, 2.05) is 29.2 Å². The van der Waals surface area contributed by atoms with Crippen molar-refractivity contribution < 1.29 is 4.79 Å². The molecule has 3 nitrogen and oxygen atoms in total. The largest absolute Gasteiger partial charge is 0.330 e. The van der Waals surface area contributed by atoms with Crippen molar-refractivity contribution >= 4 is 19.7 Å². The first kappa shape index (κ1) is 14.8. The molecule has 1 unspecified atom stereocenters. The number of amides is 1. The van der Waals surface area contributed by atoms with Gasteiger partial charge < -0.3 is 10.6 Å². The van der Waals surface area contributed by atoms with Crippen LogP contribution in [0.1, 0.15) is 12.0 Å². The molecule has 0 bridgehead atoms. The molecule has 2 N–H and O–H groups in total. The Labute approximate surface area is 122 Å². The van der Waals surface area contributed by atoms with Gasteiger partial charge in [0.2, 0.25) is 5.91 Å². The Balaban J connectivity index is 2.33. The van der Waals surface area contributed by atoms with E-state index in [0.29, 0.717) is 19.5 Å². The van der Waals surface area contributed by atoms with Crippen molar-refractivity contribution in [2.24, 2.45) is 11.7 Å². The zero-order chi connectivity index (χ0) is 14.8. The molecule has 2 rings (SSSR count). The lowest BCUT2D eigenvalue weighted by atomic mass is 10.1. The lowest BCUT2D eigenvalue weighted by molar-refractivity contribution is -0.117. The number of carbonyl (C=O) groups excluding carboxylic acids is 1. The number of nitrogens with two attached hydrogens (primary N) is 1. The number of para-hydroxylation sites is 1. The van der Waals surface area contributed by atoms with Crippen molar-refractivity contribution in [2.45, 2.75) is 26.1 Å². The Bertz CT molecular complexity index is 566. The summed E-state index contributed by atoms with van der Waals surface area (Å²) in [7, 11) is -1.42. The molecule has 0 saturated carbocycles. The van der Waals surface area contributed by atoms with E-state index in [1.54, 1.807) is 0 Å². The van der Waals surface area contributed by atoms with Crippen LogP contribution >= 0.6 is 0 Å². The van der Waals surface area contributed by atoms with Gasteiger partial charge in [-0.15, -0.1) is 5.54 Å². The number of rotatable bonds is 2. The van der Waals surface area contributed by atoms with Crippen LogP contribution in [0.3, 0.4) is 0 Å². The summed E-state index contributed by atoms with van der Waals surface area (Å²) in [6.07, 6.45) is 0.548. The molecule has 0 radical (unpaired) electrons. The number of benzene rings is 1. The number of hydrogen-bond donors (Lipinski definition) is 1. The number of nitrogens with zero attached hydrogens (tertiary/aromatic N) is 1. The Hall–Kier alpha value is -1.57. The summed E-state index contributed by atoms with van der Waals surface area (Å²) < 4.78 is 0. The Morgan fingerprint density at radius 2 is 2.05 bits per heavy atom. The zero-order valence-corrected chi connectivity index (χ0v) is 13.4. The molecule has 1 amide bonds. The van der Waals surface area contributed by atoms with Crippen molar-refractivity contribution in [1.29, 1.82) is 0 Å². The summed E-state index contributed by atoms with van der Waals surface area (Å²) in [6.45, 7) is 7.92. The van der Waals surface area contributed by atoms with Crippen LogP contribution in [0, 0.1) is 17.4 Å². The molecule has 1 aliphatic rings. The van der Waals surface area contributed by atoms with Gasteiger partial charge in [-0.25, -0.2) is 0 Å². The van der Waals surface area contributed by atoms with Crippen LogP contribution in [-0.4, -0.2) is 27.1 Å². The van der Waals surface area contributed by atoms with Crippen LogP contribution in [0.15, 0.2) is 24.3 Å². The molecular formula is C16H22N2OSi. The Morgan fingerprint density at radius 1 is 1.35 bits per heavy atom. The van der Waals surface area contributed by atoms with Gasteiger partial charge in [0.05, 0.1) is 5.69 Å². The minimum atomic E-state index is -1.42. The average Bonchev–Trinajstić information content (AvgIpc) is 2.77. The minimum absolute atomic E-state index is 0.155. The highest BCUT2D eigenvalue weighted by atomic mass is 28.3. The average molecular weight is 286 g/mol. The second-order valence-corrected chi connectivity index (χ2v) is 11.1. The van der Waals surface area contributed by atoms with Gasteiger partial charge in [0.15, 0.2) is 0 Å².